The molecule has 5 heteroatoms. The van der Waals surface area contributed by atoms with E-state index in [-0.39, 0.29) is 11.8 Å². The van der Waals surface area contributed by atoms with E-state index >= 15 is 0 Å². The molecule has 3 rings (SSSR count). The van der Waals surface area contributed by atoms with Crippen LogP contribution in [0.25, 0.3) is 6.08 Å². The summed E-state index contributed by atoms with van der Waals surface area (Å²) in [5.74, 6) is -0.427. The summed E-state index contributed by atoms with van der Waals surface area (Å²) in [4.78, 5) is 24.1. The van der Waals surface area contributed by atoms with Gasteiger partial charge in [0.1, 0.15) is 0 Å². The van der Waals surface area contributed by atoms with Gasteiger partial charge in [-0.1, -0.05) is 41.9 Å². The van der Waals surface area contributed by atoms with Crippen LogP contribution in [-0.2, 0) is 4.79 Å². The molecule has 0 atom stereocenters. The molecule has 2 amide bonds. The molecule has 0 saturated heterocycles. The summed E-state index contributed by atoms with van der Waals surface area (Å²) < 4.78 is 0. The minimum atomic E-state index is -0.244. The highest BCUT2D eigenvalue weighted by molar-refractivity contribution is 6.30. The van der Waals surface area contributed by atoms with Crippen LogP contribution in [0.2, 0.25) is 5.02 Å². The molecule has 0 fully saturated rings. The second-order valence-corrected chi connectivity index (χ2v) is 6.21. The predicted octanol–water partition coefficient (Wildman–Crippen LogP) is 5.24. The number of carbonyl (C=O) groups excluding carboxylic acids is 2. The Kier molecular flexibility index (Phi) is 6.02. The van der Waals surface area contributed by atoms with Crippen molar-refractivity contribution < 1.29 is 9.59 Å². The first-order chi connectivity index (χ1) is 13.1. The SMILES string of the molecule is O=C(/C=C/c1ccc(Cl)cc1)Nc1ccc(NC(=O)c2ccccc2)cc1. The van der Waals surface area contributed by atoms with E-state index in [1.54, 1.807) is 54.6 Å². The Morgan fingerprint density at radius 3 is 1.96 bits per heavy atom. The molecule has 2 N–H and O–H groups in total. The molecule has 0 aliphatic carbocycles. The van der Waals surface area contributed by atoms with Crippen molar-refractivity contribution in [3.8, 4) is 0 Å². The van der Waals surface area contributed by atoms with Crippen LogP contribution in [0.3, 0.4) is 0 Å². The third-order valence-corrected chi connectivity index (χ3v) is 4.00. The normalized spacial score (nSPS) is 10.6. The summed E-state index contributed by atoms with van der Waals surface area (Å²) in [5, 5.41) is 6.23. The van der Waals surface area contributed by atoms with E-state index < -0.39 is 0 Å². The van der Waals surface area contributed by atoms with E-state index in [2.05, 4.69) is 10.6 Å². The minimum absolute atomic E-state index is 0.182. The van der Waals surface area contributed by atoms with Gasteiger partial charge in [0.05, 0.1) is 0 Å². The molecule has 0 aromatic heterocycles. The van der Waals surface area contributed by atoms with E-state index in [0.717, 1.165) is 5.56 Å². The van der Waals surface area contributed by atoms with E-state index in [0.29, 0.717) is 22.0 Å². The maximum atomic E-state index is 12.1. The molecule has 0 aliphatic heterocycles. The lowest BCUT2D eigenvalue weighted by atomic mass is 10.2. The van der Waals surface area contributed by atoms with Crippen LogP contribution in [0, 0.1) is 0 Å². The zero-order valence-electron chi connectivity index (χ0n) is 14.4. The Hall–Kier alpha value is -3.37. The molecular formula is C22H17ClN2O2. The second-order valence-electron chi connectivity index (χ2n) is 5.77. The Bertz CT molecular complexity index is 950. The highest BCUT2D eigenvalue weighted by Gasteiger charge is 2.05. The maximum Gasteiger partial charge on any atom is 0.255 e. The van der Waals surface area contributed by atoms with Crippen molar-refractivity contribution >= 4 is 40.9 Å². The molecule has 0 unspecified atom stereocenters. The molecule has 0 saturated carbocycles. The van der Waals surface area contributed by atoms with Gasteiger partial charge in [-0.05, 0) is 60.2 Å². The summed E-state index contributed by atoms with van der Waals surface area (Å²) in [6, 6.07) is 23.1. The van der Waals surface area contributed by atoms with Gasteiger partial charge in [-0.25, -0.2) is 0 Å². The summed E-state index contributed by atoms with van der Waals surface area (Å²) in [6.45, 7) is 0. The quantitative estimate of drug-likeness (QED) is 0.598. The molecule has 0 aliphatic rings. The van der Waals surface area contributed by atoms with Gasteiger partial charge in [0, 0.05) is 28.0 Å². The average molecular weight is 377 g/mol. The topological polar surface area (TPSA) is 58.2 Å². The van der Waals surface area contributed by atoms with Gasteiger partial charge >= 0.3 is 0 Å². The first-order valence-electron chi connectivity index (χ1n) is 8.31. The van der Waals surface area contributed by atoms with Gasteiger partial charge in [-0.2, -0.15) is 0 Å². The Labute approximate surface area is 162 Å². The number of hydrogen-bond acceptors (Lipinski definition) is 2. The van der Waals surface area contributed by atoms with Crippen molar-refractivity contribution in [2.45, 2.75) is 0 Å². The van der Waals surface area contributed by atoms with E-state index in [9.17, 15) is 9.59 Å². The lowest BCUT2D eigenvalue weighted by Crippen LogP contribution is -2.12. The smallest absolute Gasteiger partial charge is 0.255 e. The van der Waals surface area contributed by atoms with Gasteiger partial charge in [0.2, 0.25) is 5.91 Å². The van der Waals surface area contributed by atoms with Gasteiger partial charge in [-0.3, -0.25) is 9.59 Å². The number of hydrogen-bond donors (Lipinski definition) is 2. The van der Waals surface area contributed by atoms with Crippen molar-refractivity contribution in [2.24, 2.45) is 0 Å². The fourth-order valence-corrected chi connectivity index (χ4v) is 2.49. The zero-order chi connectivity index (χ0) is 19.1. The molecule has 4 nitrogen and oxygen atoms in total. The minimum Gasteiger partial charge on any atom is -0.323 e. The molecule has 0 spiro atoms. The first-order valence-corrected chi connectivity index (χ1v) is 8.69. The lowest BCUT2D eigenvalue weighted by Gasteiger charge is -2.07. The number of amides is 2. The summed E-state index contributed by atoms with van der Waals surface area (Å²) in [6.07, 6.45) is 3.16. The molecule has 0 bridgehead atoms. The van der Waals surface area contributed by atoms with Crippen LogP contribution < -0.4 is 10.6 Å². The number of benzene rings is 3. The third kappa shape index (κ3) is 5.56. The van der Waals surface area contributed by atoms with Gasteiger partial charge < -0.3 is 10.6 Å². The fraction of sp³-hybridized carbons (Fsp3) is 0. The zero-order valence-corrected chi connectivity index (χ0v) is 15.1. The summed E-state index contributed by atoms with van der Waals surface area (Å²) in [5.41, 5.74) is 2.76. The number of carbonyl (C=O) groups is 2. The van der Waals surface area contributed by atoms with Crippen molar-refractivity contribution in [3.63, 3.8) is 0 Å². The van der Waals surface area contributed by atoms with Gasteiger partial charge in [0.25, 0.3) is 5.91 Å². The lowest BCUT2D eigenvalue weighted by molar-refractivity contribution is -0.111. The Morgan fingerprint density at radius 1 is 0.741 bits per heavy atom. The van der Waals surface area contributed by atoms with Gasteiger partial charge in [0.15, 0.2) is 0 Å². The number of halogens is 1. The van der Waals surface area contributed by atoms with Crippen molar-refractivity contribution in [3.05, 3.63) is 101 Å². The van der Waals surface area contributed by atoms with E-state index in [1.807, 2.05) is 30.3 Å². The van der Waals surface area contributed by atoms with Crippen LogP contribution in [0.15, 0.2) is 84.9 Å². The summed E-state index contributed by atoms with van der Waals surface area (Å²) in [7, 11) is 0. The van der Waals surface area contributed by atoms with E-state index in [4.69, 9.17) is 11.6 Å². The number of nitrogens with one attached hydrogen (secondary N) is 2. The highest BCUT2D eigenvalue weighted by atomic mass is 35.5. The monoisotopic (exact) mass is 376 g/mol. The molecule has 0 radical (unpaired) electrons. The van der Waals surface area contributed by atoms with E-state index in [1.165, 1.54) is 6.08 Å². The standard InChI is InChI=1S/C22H17ClN2O2/c23-18-9-6-16(7-10-18)8-15-21(26)24-19-11-13-20(14-12-19)25-22(27)17-4-2-1-3-5-17/h1-15H,(H,24,26)(H,25,27)/b15-8+. The Balaban J connectivity index is 1.56. The van der Waals surface area contributed by atoms with Crippen LogP contribution in [0.1, 0.15) is 15.9 Å². The third-order valence-electron chi connectivity index (χ3n) is 3.74. The van der Waals surface area contributed by atoms with Crippen LogP contribution in [-0.4, -0.2) is 11.8 Å². The molecule has 134 valence electrons. The average Bonchev–Trinajstić information content (AvgIpc) is 2.70. The second kappa shape index (κ2) is 8.83. The van der Waals surface area contributed by atoms with Crippen LogP contribution in [0.5, 0.6) is 0 Å². The molecule has 3 aromatic carbocycles. The van der Waals surface area contributed by atoms with Crippen LogP contribution in [0.4, 0.5) is 11.4 Å². The van der Waals surface area contributed by atoms with Crippen molar-refractivity contribution in [1.29, 1.82) is 0 Å². The number of rotatable bonds is 5. The maximum absolute atomic E-state index is 12.1. The fourth-order valence-electron chi connectivity index (χ4n) is 2.36. The summed E-state index contributed by atoms with van der Waals surface area (Å²) >= 11 is 5.83. The first kappa shape index (κ1) is 18.4. The van der Waals surface area contributed by atoms with Crippen molar-refractivity contribution in [1.82, 2.24) is 0 Å². The Morgan fingerprint density at radius 2 is 1.33 bits per heavy atom. The molecule has 27 heavy (non-hydrogen) atoms. The van der Waals surface area contributed by atoms with Crippen molar-refractivity contribution in [2.75, 3.05) is 10.6 Å². The predicted molar refractivity (Wildman–Crippen MR) is 110 cm³/mol. The largest absolute Gasteiger partial charge is 0.323 e. The molecular weight excluding hydrogens is 360 g/mol. The van der Waals surface area contributed by atoms with Crippen LogP contribution >= 0.6 is 11.6 Å². The van der Waals surface area contributed by atoms with Gasteiger partial charge in [-0.15, -0.1) is 0 Å². The molecule has 0 heterocycles. The number of anilines is 2. The highest BCUT2D eigenvalue weighted by Crippen LogP contribution is 2.15. The molecule has 3 aromatic rings.